The molecular weight excluding hydrogens is 466 g/mol. The Balaban J connectivity index is 1.15. The van der Waals surface area contributed by atoms with Crippen molar-refractivity contribution in [3.05, 3.63) is 108 Å². The van der Waals surface area contributed by atoms with Crippen molar-refractivity contribution in [3.8, 4) is 0 Å². The lowest BCUT2D eigenvalue weighted by Gasteiger charge is -2.42. The first-order valence-corrected chi connectivity index (χ1v) is 13.7. The van der Waals surface area contributed by atoms with Gasteiger partial charge in [0, 0.05) is 42.1 Å². The van der Waals surface area contributed by atoms with Crippen LogP contribution in [-0.2, 0) is 5.41 Å². The molecule has 4 heterocycles. The van der Waals surface area contributed by atoms with E-state index in [1.807, 2.05) is 12.3 Å². The minimum atomic E-state index is -0.0387. The average molecular weight is 500 g/mol. The zero-order valence-corrected chi connectivity index (χ0v) is 22.3. The summed E-state index contributed by atoms with van der Waals surface area (Å²) < 4.78 is 2.40. The van der Waals surface area contributed by atoms with Crippen LogP contribution in [0.1, 0.15) is 49.7 Å². The van der Waals surface area contributed by atoms with Gasteiger partial charge in [-0.1, -0.05) is 50.2 Å². The van der Waals surface area contributed by atoms with Crippen LogP contribution >= 0.6 is 0 Å². The molecule has 2 aliphatic heterocycles. The highest BCUT2D eigenvalue weighted by molar-refractivity contribution is 5.86. The van der Waals surface area contributed by atoms with Gasteiger partial charge in [-0.2, -0.15) is 0 Å². The minimum Gasteiger partial charge on any atom is -0.371 e. The van der Waals surface area contributed by atoms with Crippen molar-refractivity contribution in [1.82, 2.24) is 14.5 Å². The standard InChI is InChI=1S/C33H33N5/c1-23-35-32-31(13-8-20-34-32)37(23)26-18-21-36(22-19-26)24-14-16-25(17-15-24)38-29-11-6-4-9-27(29)33(2,3)28-10-5-7-12-30(28)38/h4-17,20,26H,18-19,21-22H2,1-3H3. The Hall–Kier alpha value is -4.12. The van der Waals surface area contributed by atoms with Crippen molar-refractivity contribution >= 4 is 33.9 Å². The summed E-state index contributed by atoms with van der Waals surface area (Å²) in [4.78, 5) is 14.1. The van der Waals surface area contributed by atoms with E-state index in [0.29, 0.717) is 6.04 Å². The maximum absolute atomic E-state index is 4.69. The monoisotopic (exact) mass is 499 g/mol. The molecular formula is C33H33N5. The fourth-order valence-corrected chi connectivity index (χ4v) is 6.65. The lowest BCUT2D eigenvalue weighted by Crippen LogP contribution is -2.35. The molecule has 0 aliphatic carbocycles. The van der Waals surface area contributed by atoms with Gasteiger partial charge in [-0.3, -0.25) is 0 Å². The highest BCUT2D eigenvalue weighted by atomic mass is 15.2. The third kappa shape index (κ3) is 3.52. The van der Waals surface area contributed by atoms with Crippen molar-refractivity contribution in [2.75, 3.05) is 22.9 Å². The molecule has 2 aromatic heterocycles. The summed E-state index contributed by atoms with van der Waals surface area (Å²) in [7, 11) is 0. The van der Waals surface area contributed by atoms with Crippen LogP contribution in [0.15, 0.2) is 91.1 Å². The Kier molecular flexibility index (Phi) is 5.29. The van der Waals surface area contributed by atoms with Crippen LogP contribution in [-0.4, -0.2) is 27.6 Å². The molecule has 0 spiro atoms. The molecule has 0 N–H and O–H groups in total. The summed E-state index contributed by atoms with van der Waals surface area (Å²) in [6, 6.07) is 31.4. The maximum atomic E-state index is 4.69. The molecule has 0 atom stereocenters. The van der Waals surface area contributed by atoms with E-state index in [1.165, 1.54) is 33.9 Å². The number of aromatic nitrogens is 3. The maximum Gasteiger partial charge on any atom is 0.177 e. The van der Waals surface area contributed by atoms with Gasteiger partial charge in [0.25, 0.3) is 0 Å². The number of para-hydroxylation sites is 2. The smallest absolute Gasteiger partial charge is 0.177 e. The predicted octanol–water partition coefficient (Wildman–Crippen LogP) is 7.69. The van der Waals surface area contributed by atoms with Gasteiger partial charge in [0.2, 0.25) is 0 Å². The zero-order valence-electron chi connectivity index (χ0n) is 22.3. The third-order valence-corrected chi connectivity index (χ3v) is 8.58. The van der Waals surface area contributed by atoms with E-state index in [-0.39, 0.29) is 5.41 Å². The lowest BCUT2D eigenvalue weighted by molar-refractivity contribution is 0.398. The Bertz CT molecular complexity index is 1570. The van der Waals surface area contributed by atoms with E-state index in [2.05, 4.69) is 119 Å². The number of hydrogen-bond acceptors (Lipinski definition) is 4. The van der Waals surface area contributed by atoms with E-state index in [4.69, 9.17) is 4.98 Å². The van der Waals surface area contributed by atoms with Crippen molar-refractivity contribution in [1.29, 1.82) is 0 Å². The normalized spacial score (nSPS) is 16.9. The number of anilines is 4. The first kappa shape index (κ1) is 23.0. The van der Waals surface area contributed by atoms with E-state index >= 15 is 0 Å². The Morgan fingerprint density at radius 2 is 1.34 bits per heavy atom. The molecule has 0 amide bonds. The molecule has 38 heavy (non-hydrogen) atoms. The summed E-state index contributed by atoms with van der Waals surface area (Å²) >= 11 is 0. The molecule has 3 aromatic carbocycles. The molecule has 1 saturated heterocycles. The van der Waals surface area contributed by atoms with Gasteiger partial charge in [-0.25, -0.2) is 9.97 Å². The number of aryl methyl sites for hydroxylation is 1. The van der Waals surface area contributed by atoms with Gasteiger partial charge in [-0.05, 0) is 79.4 Å². The summed E-state index contributed by atoms with van der Waals surface area (Å²) in [5, 5.41) is 0. The molecule has 5 aromatic rings. The van der Waals surface area contributed by atoms with Crippen molar-refractivity contribution < 1.29 is 0 Å². The molecule has 2 aliphatic rings. The average Bonchev–Trinajstić information content (AvgIpc) is 3.29. The van der Waals surface area contributed by atoms with Gasteiger partial charge >= 0.3 is 0 Å². The number of benzene rings is 3. The first-order valence-electron chi connectivity index (χ1n) is 13.7. The molecule has 0 unspecified atom stereocenters. The lowest BCUT2D eigenvalue weighted by atomic mass is 9.73. The van der Waals surface area contributed by atoms with Crippen LogP contribution in [0.5, 0.6) is 0 Å². The van der Waals surface area contributed by atoms with E-state index in [0.717, 1.165) is 42.9 Å². The highest BCUT2D eigenvalue weighted by Gasteiger charge is 2.36. The first-order chi connectivity index (χ1) is 18.5. The topological polar surface area (TPSA) is 37.2 Å². The second-order valence-corrected chi connectivity index (χ2v) is 11.1. The molecule has 5 nitrogen and oxygen atoms in total. The molecule has 1 fully saturated rings. The number of piperidine rings is 1. The quantitative estimate of drug-likeness (QED) is 0.255. The van der Waals surface area contributed by atoms with Crippen LogP contribution in [0.2, 0.25) is 0 Å². The highest BCUT2D eigenvalue weighted by Crippen LogP contribution is 2.51. The molecule has 5 heteroatoms. The van der Waals surface area contributed by atoms with Crippen LogP contribution in [0.3, 0.4) is 0 Å². The zero-order chi connectivity index (χ0) is 25.9. The largest absolute Gasteiger partial charge is 0.371 e. The van der Waals surface area contributed by atoms with E-state index in [9.17, 15) is 0 Å². The van der Waals surface area contributed by atoms with Crippen LogP contribution in [0.4, 0.5) is 22.7 Å². The summed E-state index contributed by atoms with van der Waals surface area (Å²) in [6.07, 6.45) is 4.03. The number of fused-ring (bicyclic) bond motifs is 3. The van der Waals surface area contributed by atoms with Crippen molar-refractivity contribution in [2.24, 2.45) is 0 Å². The molecule has 0 saturated carbocycles. The fraction of sp³-hybridized carbons (Fsp3) is 0.273. The van der Waals surface area contributed by atoms with Crippen LogP contribution in [0, 0.1) is 6.92 Å². The Morgan fingerprint density at radius 1 is 0.737 bits per heavy atom. The van der Waals surface area contributed by atoms with Gasteiger partial charge in [0.15, 0.2) is 5.65 Å². The number of pyridine rings is 1. The second-order valence-electron chi connectivity index (χ2n) is 11.1. The fourth-order valence-electron chi connectivity index (χ4n) is 6.65. The van der Waals surface area contributed by atoms with Gasteiger partial charge in [-0.15, -0.1) is 0 Å². The van der Waals surface area contributed by atoms with Crippen LogP contribution in [0.25, 0.3) is 11.2 Å². The number of rotatable bonds is 3. The Morgan fingerprint density at radius 3 is 2.00 bits per heavy atom. The predicted molar refractivity (Wildman–Crippen MR) is 156 cm³/mol. The van der Waals surface area contributed by atoms with Gasteiger partial charge < -0.3 is 14.4 Å². The molecule has 190 valence electrons. The summed E-state index contributed by atoms with van der Waals surface area (Å²) in [5.41, 5.74) is 9.72. The Labute approximate surface area is 224 Å². The molecule has 0 bridgehead atoms. The summed E-state index contributed by atoms with van der Waals surface area (Å²) in [5.74, 6) is 1.06. The molecule has 0 radical (unpaired) electrons. The minimum absolute atomic E-state index is 0.0387. The number of imidazole rings is 1. The van der Waals surface area contributed by atoms with E-state index in [1.54, 1.807) is 0 Å². The second kappa shape index (κ2) is 8.73. The number of nitrogens with zero attached hydrogens (tertiary/aromatic N) is 5. The summed E-state index contributed by atoms with van der Waals surface area (Å²) in [6.45, 7) is 8.84. The van der Waals surface area contributed by atoms with Crippen molar-refractivity contribution in [2.45, 2.75) is 45.1 Å². The van der Waals surface area contributed by atoms with Gasteiger partial charge in [0.1, 0.15) is 5.82 Å². The SMILES string of the molecule is Cc1nc2ncccc2n1C1CCN(c2ccc(N3c4ccccc4C(C)(C)c4ccccc43)cc2)CC1. The van der Waals surface area contributed by atoms with Gasteiger partial charge in [0.05, 0.1) is 16.9 Å². The van der Waals surface area contributed by atoms with E-state index < -0.39 is 0 Å². The van der Waals surface area contributed by atoms with Crippen molar-refractivity contribution in [3.63, 3.8) is 0 Å². The molecule has 7 rings (SSSR count). The number of hydrogen-bond donors (Lipinski definition) is 0. The van der Waals surface area contributed by atoms with Crippen LogP contribution < -0.4 is 9.80 Å². The third-order valence-electron chi connectivity index (χ3n) is 8.58.